The van der Waals surface area contributed by atoms with Gasteiger partial charge < -0.3 is 10.6 Å². The van der Waals surface area contributed by atoms with Gasteiger partial charge in [-0.1, -0.05) is 30.3 Å². The fourth-order valence-corrected chi connectivity index (χ4v) is 3.69. The molecule has 4 rings (SSSR count). The largest absolute Gasteiger partial charge is 0.322 e. The molecule has 7 nitrogen and oxygen atoms in total. The van der Waals surface area contributed by atoms with Gasteiger partial charge in [-0.25, -0.2) is 4.68 Å². The number of aryl methyl sites for hydroxylation is 1. The van der Waals surface area contributed by atoms with Crippen molar-refractivity contribution in [3.8, 4) is 16.8 Å². The van der Waals surface area contributed by atoms with Gasteiger partial charge in [-0.2, -0.15) is 5.10 Å². The minimum atomic E-state index is -0.272. The second kappa shape index (κ2) is 9.54. The monoisotopic (exact) mass is 452 g/mol. The summed E-state index contributed by atoms with van der Waals surface area (Å²) in [6.45, 7) is 4.84. The Hall–Kier alpha value is -4.52. The Kier molecular flexibility index (Phi) is 6.36. The Morgan fingerprint density at radius 2 is 1.38 bits per heavy atom. The number of carbonyl (C=O) groups is 3. The van der Waals surface area contributed by atoms with Crippen molar-refractivity contribution in [2.75, 3.05) is 10.6 Å². The molecule has 0 fully saturated rings. The highest BCUT2D eigenvalue weighted by Gasteiger charge is 2.19. The van der Waals surface area contributed by atoms with Crippen LogP contribution >= 0.6 is 0 Å². The average molecular weight is 453 g/mol. The second-order valence-corrected chi connectivity index (χ2v) is 7.90. The van der Waals surface area contributed by atoms with Gasteiger partial charge in [0.2, 0.25) is 5.91 Å². The molecule has 1 aromatic heterocycles. The third-order valence-electron chi connectivity index (χ3n) is 5.34. The molecule has 3 aromatic carbocycles. The Balaban J connectivity index is 1.62. The van der Waals surface area contributed by atoms with E-state index in [4.69, 9.17) is 0 Å². The molecule has 0 radical (unpaired) electrons. The molecule has 4 aromatic rings. The zero-order chi connectivity index (χ0) is 24.2. The van der Waals surface area contributed by atoms with E-state index in [0.29, 0.717) is 28.3 Å². The van der Waals surface area contributed by atoms with E-state index in [1.165, 1.54) is 13.8 Å². The fourth-order valence-electron chi connectivity index (χ4n) is 3.69. The van der Waals surface area contributed by atoms with Gasteiger partial charge in [0, 0.05) is 29.3 Å². The third kappa shape index (κ3) is 4.78. The van der Waals surface area contributed by atoms with Crippen molar-refractivity contribution in [3.63, 3.8) is 0 Å². The molecule has 0 atom stereocenters. The lowest BCUT2D eigenvalue weighted by Crippen LogP contribution is -2.13. The van der Waals surface area contributed by atoms with E-state index in [2.05, 4.69) is 15.7 Å². The number of hydrogen-bond donors (Lipinski definition) is 2. The topological polar surface area (TPSA) is 93.1 Å². The molecule has 0 aliphatic rings. The Bertz CT molecular complexity index is 1360. The molecular formula is C27H24N4O3. The maximum absolute atomic E-state index is 12.7. The first-order valence-corrected chi connectivity index (χ1v) is 10.8. The minimum absolute atomic E-state index is 0.0311. The van der Waals surface area contributed by atoms with Gasteiger partial charge in [0.25, 0.3) is 5.91 Å². The number of anilines is 2. The van der Waals surface area contributed by atoms with E-state index < -0.39 is 0 Å². The standard InChI is InChI=1S/C27H24N4O3/c1-17-25(21-7-5-4-6-8-21)26(28-19(3)33)31(30-17)24-15-11-22(12-16-24)27(34)29-23-13-9-20(10-14-23)18(2)32/h4-16H,1-3H3,(H,28,33)(H,29,34). The lowest BCUT2D eigenvalue weighted by atomic mass is 10.1. The summed E-state index contributed by atoms with van der Waals surface area (Å²) in [6, 6.07) is 23.4. The smallest absolute Gasteiger partial charge is 0.255 e. The number of benzene rings is 3. The van der Waals surface area contributed by atoms with Crippen LogP contribution < -0.4 is 10.6 Å². The van der Waals surface area contributed by atoms with Crippen LogP contribution in [0.3, 0.4) is 0 Å². The molecule has 2 amide bonds. The van der Waals surface area contributed by atoms with Gasteiger partial charge in [-0.05, 0) is 67.9 Å². The summed E-state index contributed by atoms with van der Waals surface area (Å²) in [5.41, 5.74) is 4.91. The van der Waals surface area contributed by atoms with Crippen molar-refractivity contribution in [3.05, 3.63) is 95.7 Å². The van der Waals surface area contributed by atoms with Crippen molar-refractivity contribution in [2.45, 2.75) is 20.8 Å². The summed E-state index contributed by atoms with van der Waals surface area (Å²) < 4.78 is 1.67. The fraction of sp³-hybridized carbons (Fsp3) is 0.111. The zero-order valence-corrected chi connectivity index (χ0v) is 19.1. The van der Waals surface area contributed by atoms with E-state index in [9.17, 15) is 14.4 Å². The molecule has 0 saturated carbocycles. The molecular weight excluding hydrogens is 428 g/mol. The number of Topliss-reactive ketones (excluding diaryl/α,β-unsaturated/α-hetero) is 1. The second-order valence-electron chi connectivity index (χ2n) is 7.90. The van der Waals surface area contributed by atoms with Crippen LogP contribution in [0.1, 0.15) is 40.3 Å². The highest BCUT2D eigenvalue weighted by molar-refractivity contribution is 6.04. The van der Waals surface area contributed by atoms with Crippen LogP contribution in [0.25, 0.3) is 16.8 Å². The zero-order valence-electron chi connectivity index (χ0n) is 19.1. The van der Waals surface area contributed by atoms with Crippen molar-refractivity contribution >= 4 is 29.1 Å². The lowest BCUT2D eigenvalue weighted by Gasteiger charge is -2.11. The van der Waals surface area contributed by atoms with Crippen LogP contribution in [0.15, 0.2) is 78.9 Å². The van der Waals surface area contributed by atoms with Gasteiger partial charge >= 0.3 is 0 Å². The number of carbonyl (C=O) groups excluding carboxylic acids is 3. The molecule has 0 spiro atoms. The SMILES string of the molecule is CC(=O)Nc1c(-c2ccccc2)c(C)nn1-c1ccc(C(=O)Nc2ccc(C(C)=O)cc2)cc1. The molecule has 0 unspecified atom stereocenters. The van der Waals surface area contributed by atoms with Crippen molar-refractivity contribution < 1.29 is 14.4 Å². The van der Waals surface area contributed by atoms with Crippen LogP contribution in [0, 0.1) is 6.92 Å². The van der Waals surface area contributed by atoms with Gasteiger partial charge in [0.1, 0.15) is 5.82 Å². The summed E-state index contributed by atoms with van der Waals surface area (Å²) in [5, 5.41) is 10.4. The number of amides is 2. The number of aromatic nitrogens is 2. The molecule has 34 heavy (non-hydrogen) atoms. The Morgan fingerprint density at radius 3 is 1.97 bits per heavy atom. The maximum atomic E-state index is 12.7. The highest BCUT2D eigenvalue weighted by Crippen LogP contribution is 2.33. The molecule has 0 bridgehead atoms. The molecule has 0 aliphatic carbocycles. The lowest BCUT2D eigenvalue weighted by molar-refractivity contribution is -0.114. The first kappa shape index (κ1) is 22.7. The van der Waals surface area contributed by atoms with Gasteiger partial charge in [-0.15, -0.1) is 0 Å². The van der Waals surface area contributed by atoms with Crippen LogP contribution in [-0.2, 0) is 4.79 Å². The van der Waals surface area contributed by atoms with E-state index in [-0.39, 0.29) is 17.6 Å². The summed E-state index contributed by atoms with van der Waals surface area (Å²) >= 11 is 0. The molecule has 7 heteroatoms. The number of hydrogen-bond acceptors (Lipinski definition) is 4. The van der Waals surface area contributed by atoms with Gasteiger partial charge in [-0.3, -0.25) is 14.4 Å². The Labute approximate surface area is 197 Å². The van der Waals surface area contributed by atoms with Crippen molar-refractivity contribution in [2.24, 2.45) is 0 Å². The molecule has 0 aliphatic heterocycles. The third-order valence-corrected chi connectivity index (χ3v) is 5.34. The molecule has 170 valence electrons. The maximum Gasteiger partial charge on any atom is 0.255 e. The normalized spacial score (nSPS) is 10.6. The minimum Gasteiger partial charge on any atom is -0.322 e. The van der Waals surface area contributed by atoms with Crippen LogP contribution in [0.4, 0.5) is 11.5 Å². The number of ketones is 1. The first-order valence-electron chi connectivity index (χ1n) is 10.8. The van der Waals surface area contributed by atoms with Gasteiger partial charge in [0.05, 0.1) is 11.4 Å². The van der Waals surface area contributed by atoms with E-state index >= 15 is 0 Å². The number of rotatable bonds is 6. The van der Waals surface area contributed by atoms with Crippen molar-refractivity contribution in [1.29, 1.82) is 0 Å². The summed E-state index contributed by atoms with van der Waals surface area (Å²) in [7, 11) is 0. The van der Waals surface area contributed by atoms with Crippen molar-refractivity contribution in [1.82, 2.24) is 9.78 Å². The van der Waals surface area contributed by atoms with Crippen LogP contribution in [0.5, 0.6) is 0 Å². The van der Waals surface area contributed by atoms with E-state index in [1.807, 2.05) is 37.3 Å². The summed E-state index contributed by atoms with van der Waals surface area (Å²) in [6.07, 6.45) is 0. The predicted octanol–water partition coefficient (Wildman–Crippen LogP) is 5.26. The molecule has 0 saturated heterocycles. The van der Waals surface area contributed by atoms with Crippen LogP contribution in [0.2, 0.25) is 0 Å². The van der Waals surface area contributed by atoms with E-state index in [1.54, 1.807) is 53.2 Å². The quantitative estimate of drug-likeness (QED) is 0.390. The Morgan fingerprint density at radius 1 is 0.765 bits per heavy atom. The summed E-state index contributed by atoms with van der Waals surface area (Å²) in [5.74, 6) is 0.0614. The predicted molar refractivity (Wildman–Crippen MR) is 132 cm³/mol. The average Bonchev–Trinajstić information content (AvgIpc) is 3.15. The number of nitrogens with zero attached hydrogens (tertiary/aromatic N) is 2. The highest BCUT2D eigenvalue weighted by atomic mass is 16.2. The molecule has 1 heterocycles. The van der Waals surface area contributed by atoms with E-state index in [0.717, 1.165) is 16.8 Å². The number of nitrogens with one attached hydrogen (secondary N) is 2. The molecule has 2 N–H and O–H groups in total. The summed E-state index contributed by atoms with van der Waals surface area (Å²) in [4.78, 5) is 36.0. The van der Waals surface area contributed by atoms with Crippen LogP contribution in [-0.4, -0.2) is 27.4 Å². The first-order chi connectivity index (χ1) is 16.3. The van der Waals surface area contributed by atoms with Gasteiger partial charge in [0.15, 0.2) is 5.78 Å².